The van der Waals surface area contributed by atoms with Crippen molar-refractivity contribution < 1.29 is 18.7 Å². The Balaban J connectivity index is 1.57. The van der Waals surface area contributed by atoms with Gasteiger partial charge in [-0.2, -0.15) is 0 Å². The van der Waals surface area contributed by atoms with Crippen LogP contribution in [0.3, 0.4) is 0 Å². The largest absolute Gasteiger partial charge is 0.459 e. The smallest absolute Gasteiger partial charge is 0.291 e. The topological polar surface area (TPSA) is 83.8 Å². The van der Waals surface area contributed by atoms with Crippen molar-refractivity contribution in [2.75, 3.05) is 38.1 Å². The van der Waals surface area contributed by atoms with Crippen LogP contribution in [0.15, 0.2) is 41.0 Å². The summed E-state index contributed by atoms with van der Waals surface area (Å²) in [5.74, 6) is 0.282. The first-order chi connectivity index (χ1) is 13.9. The number of nitrogens with one attached hydrogen (secondary N) is 2. The van der Waals surface area contributed by atoms with Crippen LogP contribution in [0.25, 0.3) is 0 Å². The van der Waals surface area contributed by atoms with Crippen LogP contribution >= 0.6 is 0 Å². The Bertz CT molecular complexity index is 833. The lowest BCUT2D eigenvalue weighted by molar-refractivity contribution is -0.0295. The van der Waals surface area contributed by atoms with Gasteiger partial charge in [0, 0.05) is 37.4 Å². The second kappa shape index (κ2) is 9.71. The SMILES string of the molecule is Cc1ccc(C(=O)NCC2CN(CC(C)C)CCO2)cc1NC(=O)c1ccco1. The van der Waals surface area contributed by atoms with E-state index < -0.39 is 0 Å². The van der Waals surface area contributed by atoms with Crippen LogP contribution in [-0.4, -0.2) is 55.6 Å². The minimum Gasteiger partial charge on any atom is -0.459 e. The first-order valence-corrected chi connectivity index (χ1v) is 10.00. The quantitative estimate of drug-likeness (QED) is 0.748. The number of furan rings is 1. The molecule has 0 aliphatic carbocycles. The fourth-order valence-corrected chi connectivity index (χ4v) is 3.38. The maximum atomic E-state index is 12.6. The van der Waals surface area contributed by atoms with Crippen LogP contribution in [-0.2, 0) is 4.74 Å². The van der Waals surface area contributed by atoms with Gasteiger partial charge in [0.1, 0.15) is 0 Å². The number of hydrogen-bond donors (Lipinski definition) is 2. The van der Waals surface area contributed by atoms with Gasteiger partial charge in [-0.25, -0.2) is 0 Å². The van der Waals surface area contributed by atoms with Gasteiger partial charge in [-0.15, -0.1) is 0 Å². The summed E-state index contributed by atoms with van der Waals surface area (Å²) in [5, 5.41) is 5.74. The van der Waals surface area contributed by atoms with E-state index in [0.717, 1.165) is 25.2 Å². The monoisotopic (exact) mass is 399 g/mol. The zero-order valence-corrected chi connectivity index (χ0v) is 17.2. The minimum atomic E-state index is -0.350. The third-order valence-electron chi connectivity index (χ3n) is 4.83. The number of morpholine rings is 1. The Morgan fingerprint density at radius 1 is 1.24 bits per heavy atom. The van der Waals surface area contributed by atoms with Crippen molar-refractivity contribution in [2.45, 2.75) is 26.9 Å². The van der Waals surface area contributed by atoms with Crippen molar-refractivity contribution in [3.05, 3.63) is 53.5 Å². The fraction of sp³-hybridized carbons (Fsp3) is 0.455. The van der Waals surface area contributed by atoms with Crippen LogP contribution in [0.2, 0.25) is 0 Å². The molecule has 0 bridgehead atoms. The highest BCUT2D eigenvalue weighted by atomic mass is 16.5. The van der Waals surface area contributed by atoms with Gasteiger partial charge >= 0.3 is 0 Å². The van der Waals surface area contributed by atoms with Crippen molar-refractivity contribution in [1.82, 2.24) is 10.2 Å². The third-order valence-corrected chi connectivity index (χ3v) is 4.83. The van der Waals surface area contributed by atoms with Gasteiger partial charge in [0.25, 0.3) is 11.8 Å². The molecule has 2 aromatic rings. The summed E-state index contributed by atoms with van der Waals surface area (Å²) >= 11 is 0. The molecule has 1 aliphatic rings. The molecule has 2 heterocycles. The molecule has 1 unspecified atom stereocenters. The Morgan fingerprint density at radius 2 is 2.07 bits per heavy atom. The molecule has 1 aromatic carbocycles. The number of aryl methyl sites for hydroxylation is 1. The molecule has 2 N–H and O–H groups in total. The number of amides is 2. The van der Waals surface area contributed by atoms with Crippen LogP contribution < -0.4 is 10.6 Å². The van der Waals surface area contributed by atoms with Crippen LogP contribution in [0, 0.1) is 12.8 Å². The van der Waals surface area contributed by atoms with Crippen molar-refractivity contribution >= 4 is 17.5 Å². The number of carbonyl (C=O) groups is 2. The zero-order chi connectivity index (χ0) is 20.8. The van der Waals surface area contributed by atoms with E-state index in [0.29, 0.717) is 30.3 Å². The van der Waals surface area contributed by atoms with E-state index >= 15 is 0 Å². The van der Waals surface area contributed by atoms with E-state index in [9.17, 15) is 9.59 Å². The number of anilines is 1. The Labute approximate surface area is 171 Å². The molecule has 1 fully saturated rings. The second-order valence-electron chi connectivity index (χ2n) is 7.82. The zero-order valence-electron chi connectivity index (χ0n) is 17.2. The molecule has 7 heteroatoms. The van der Waals surface area contributed by atoms with E-state index in [1.165, 1.54) is 6.26 Å². The lowest BCUT2D eigenvalue weighted by Crippen LogP contribution is -2.48. The first kappa shape index (κ1) is 21.1. The molecular weight excluding hydrogens is 370 g/mol. The minimum absolute atomic E-state index is 0.0185. The van der Waals surface area contributed by atoms with Crippen molar-refractivity contribution in [1.29, 1.82) is 0 Å². The number of hydrogen-bond acceptors (Lipinski definition) is 5. The molecule has 29 heavy (non-hydrogen) atoms. The number of rotatable bonds is 7. The molecule has 1 aliphatic heterocycles. The molecule has 2 amide bonds. The Morgan fingerprint density at radius 3 is 2.79 bits per heavy atom. The summed E-state index contributed by atoms with van der Waals surface area (Å²) in [7, 11) is 0. The lowest BCUT2D eigenvalue weighted by atomic mass is 10.1. The van der Waals surface area contributed by atoms with Gasteiger partial charge < -0.3 is 19.8 Å². The summed E-state index contributed by atoms with van der Waals surface area (Å²) in [6.07, 6.45) is 1.43. The normalized spacial score (nSPS) is 17.3. The van der Waals surface area contributed by atoms with Crippen LogP contribution in [0.5, 0.6) is 0 Å². The summed E-state index contributed by atoms with van der Waals surface area (Å²) in [6.45, 7) is 10.2. The Hall–Kier alpha value is -2.64. The number of nitrogens with zero attached hydrogens (tertiary/aromatic N) is 1. The summed E-state index contributed by atoms with van der Waals surface area (Å²) in [4.78, 5) is 27.2. The highest BCUT2D eigenvalue weighted by Gasteiger charge is 2.22. The molecule has 0 spiro atoms. The summed E-state index contributed by atoms with van der Waals surface area (Å²) in [5.41, 5.74) is 1.93. The molecule has 0 saturated carbocycles. The fourth-order valence-electron chi connectivity index (χ4n) is 3.38. The first-order valence-electron chi connectivity index (χ1n) is 10.00. The van der Waals surface area contributed by atoms with Gasteiger partial charge in [-0.3, -0.25) is 14.5 Å². The molecule has 156 valence electrons. The average Bonchev–Trinajstić information content (AvgIpc) is 3.22. The lowest BCUT2D eigenvalue weighted by Gasteiger charge is -2.33. The van der Waals surface area contributed by atoms with Gasteiger partial charge in [0.05, 0.1) is 19.0 Å². The van der Waals surface area contributed by atoms with Crippen molar-refractivity contribution in [3.63, 3.8) is 0 Å². The van der Waals surface area contributed by atoms with Gasteiger partial charge in [0.15, 0.2) is 5.76 Å². The van der Waals surface area contributed by atoms with Gasteiger partial charge in [-0.1, -0.05) is 19.9 Å². The van der Waals surface area contributed by atoms with Crippen LogP contribution in [0.4, 0.5) is 5.69 Å². The van der Waals surface area contributed by atoms with Gasteiger partial charge in [0.2, 0.25) is 0 Å². The second-order valence-corrected chi connectivity index (χ2v) is 7.82. The standard InChI is InChI=1S/C22H29N3O4/c1-15(2)13-25-8-10-28-18(14-25)12-23-21(26)17-7-6-16(3)19(11-17)24-22(27)20-5-4-9-29-20/h4-7,9,11,15,18H,8,10,12-14H2,1-3H3,(H,23,26)(H,24,27). The predicted molar refractivity (Wildman–Crippen MR) is 111 cm³/mol. The van der Waals surface area contributed by atoms with Crippen LogP contribution in [0.1, 0.15) is 40.3 Å². The molecule has 1 saturated heterocycles. The summed E-state index contributed by atoms with van der Waals surface area (Å²) in [6, 6.07) is 8.49. The van der Waals surface area contributed by atoms with E-state index in [1.54, 1.807) is 24.3 Å². The molecule has 1 aromatic heterocycles. The van der Waals surface area contributed by atoms with Gasteiger partial charge in [-0.05, 0) is 42.7 Å². The maximum Gasteiger partial charge on any atom is 0.291 e. The molecule has 3 rings (SSSR count). The molecule has 0 radical (unpaired) electrons. The van der Waals surface area contributed by atoms with E-state index in [4.69, 9.17) is 9.15 Å². The predicted octanol–water partition coefficient (Wildman–Crippen LogP) is 2.93. The Kier molecular flexibility index (Phi) is 7.06. The molecule has 7 nitrogen and oxygen atoms in total. The summed E-state index contributed by atoms with van der Waals surface area (Å²) < 4.78 is 10.9. The molecule has 1 atom stereocenters. The number of benzene rings is 1. The number of carbonyl (C=O) groups excluding carboxylic acids is 2. The van der Waals surface area contributed by atoms with Crippen molar-refractivity contribution in [2.24, 2.45) is 5.92 Å². The third kappa shape index (κ3) is 5.92. The van der Waals surface area contributed by atoms with E-state index in [-0.39, 0.29) is 23.7 Å². The maximum absolute atomic E-state index is 12.6. The van der Waals surface area contributed by atoms with E-state index in [1.807, 2.05) is 13.0 Å². The highest BCUT2D eigenvalue weighted by Crippen LogP contribution is 2.18. The number of ether oxygens (including phenoxy) is 1. The van der Waals surface area contributed by atoms with E-state index in [2.05, 4.69) is 29.4 Å². The average molecular weight is 399 g/mol. The van der Waals surface area contributed by atoms with Crippen molar-refractivity contribution in [3.8, 4) is 0 Å². The highest BCUT2D eigenvalue weighted by molar-refractivity contribution is 6.03. The molecular formula is C22H29N3O4.